The molecule has 1 aromatic heterocycles. The first-order chi connectivity index (χ1) is 7.68. The number of H-pyrrole nitrogens is 1. The predicted molar refractivity (Wildman–Crippen MR) is 66.8 cm³/mol. The summed E-state index contributed by atoms with van der Waals surface area (Å²) in [6, 6.07) is 5.88. The molecule has 0 aliphatic rings. The van der Waals surface area contributed by atoms with Crippen LogP contribution in [0.5, 0.6) is 0 Å². The molecule has 3 nitrogen and oxygen atoms in total. The van der Waals surface area contributed by atoms with Crippen LogP contribution in [0.25, 0.3) is 0 Å². The third-order valence-corrected chi connectivity index (χ3v) is 2.93. The van der Waals surface area contributed by atoms with Gasteiger partial charge < -0.3 is 5.32 Å². The Labute approximate surface area is 99.8 Å². The molecule has 16 heavy (non-hydrogen) atoms. The van der Waals surface area contributed by atoms with Gasteiger partial charge in [-0.05, 0) is 25.5 Å². The summed E-state index contributed by atoms with van der Waals surface area (Å²) in [6.45, 7) is 4.77. The van der Waals surface area contributed by atoms with Crippen molar-refractivity contribution in [1.29, 1.82) is 0 Å². The van der Waals surface area contributed by atoms with E-state index in [9.17, 15) is 0 Å². The van der Waals surface area contributed by atoms with Gasteiger partial charge in [0.2, 0.25) is 0 Å². The number of benzene rings is 1. The second kappa shape index (κ2) is 4.58. The third-order valence-electron chi connectivity index (χ3n) is 2.61. The zero-order valence-corrected chi connectivity index (χ0v) is 10.1. The van der Waals surface area contributed by atoms with E-state index in [1.807, 2.05) is 38.2 Å². The second-order valence-corrected chi connectivity index (χ2v) is 4.21. The molecule has 0 bridgehead atoms. The van der Waals surface area contributed by atoms with Crippen LogP contribution in [0.2, 0.25) is 5.02 Å². The Morgan fingerprint density at radius 1 is 1.38 bits per heavy atom. The van der Waals surface area contributed by atoms with Crippen molar-refractivity contribution < 1.29 is 0 Å². The summed E-state index contributed by atoms with van der Waals surface area (Å²) in [6.07, 6.45) is 1.83. The minimum absolute atomic E-state index is 0.729. The number of nitrogens with one attached hydrogen (secondary N) is 2. The molecule has 2 aromatic rings. The summed E-state index contributed by atoms with van der Waals surface area (Å²) in [4.78, 5) is 0. The summed E-state index contributed by atoms with van der Waals surface area (Å²) >= 11 is 6.12. The van der Waals surface area contributed by atoms with E-state index in [1.54, 1.807) is 0 Å². The maximum atomic E-state index is 6.12. The van der Waals surface area contributed by atoms with Gasteiger partial charge in [0.05, 0.1) is 16.9 Å². The average Bonchev–Trinajstić information content (AvgIpc) is 2.64. The molecule has 0 radical (unpaired) electrons. The van der Waals surface area contributed by atoms with Crippen LogP contribution < -0.4 is 5.32 Å². The maximum Gasteiger partial charge on any atom is 0.0640 e. The van der Waals surface area contributed by atoms with Gasteiger partial charge in [-0.15, -0.1) is 0 Å². The lowest BCUT2D eigenvalue weighted by atomic mass is 10.2. The summed E-state index contributed by atoms with van der Waals surface area (Å²) in [7, 11) is 0. The van der Waals surface area contributed by atoms with Gasteiger partial charge in [0.25, 0.3) is 0 Å². The lowest BCUT2D eigenvalue weighted by molar-refractivity contribution is 1.04. The van der Waals surface area contributed by atoms with E-state index in [0.717, 1.165) is 34.1 Å². The third kappa shape index (κ3) is 2.19. The number of hydrogen-bond acceptors (Lipinski definition) is 2. The molecule has 84 valence electrons. The Balaban J connectivity index is 2.14. The van der Waals surface area contributed by atoms with Crippen LogP contribution in [0.3, 0.4) is 0 Å². The van der Waals surface area contributed by atoms with Crippen molar-refractivity contribution in [2.24, 2.45) is 0 Å². The number of halogens is 1. The number of anilines is 1. The molecule has 0 amide bonds. The van der Waals surface area contributed by atoms with Crippen LogP contribution in [0, 0.1) is 13.8 Å². The molecule has 2 N–H and O–H groups in total. The van der Waals surface area contributed by atoms with Crippen molar-refractivity contribution >= 4 is 17.3 Å². The van der Waals surface area contributed by atoms with E-state index in [-0.39, 0.29) is 0 Å². The highest BCUT2D eigenvalue weighted by molar-refractivity contribution is 6.33. The Morgan fingerprint density at radius 2 is 2.19 bits per heavy atom. The van der Waals surface area contributed by atoms with Gasteiger partial charge in [-0.1, -0.05) is 23.7 Å². The number of para-hydroxylation sites is 1. The van der Waals surface area contributed by atoms with Gasteiger partial charge in [0.1, 0.15) is 0 Å². The summed E-state index contributed by atoms with van der Waals surface area (Å²) in [5, 5.41) is 11.0. The van der Waals surface area contributed by atoms with Gasteiger partial charge in [0.15, 0.2) is 0 Å². The van der Waals surface area contributed by atoms with Crippen molar-refractivity contribution in [1.82, 2.24) is 10.2 Å². The van der Waals surface area contributed by atoms with Gasteiger partial charge in [-0.2, -0.15) is 5.10 Å². The largest absolute Gasteiger partial charge is 0.379 e. The highest BCUT2D eigenvalue weighted by atomic mass is 35.5. The highest BCUT2D eigenvalue weighted by Gasteiger charge is 2.04. The first-order valence-corrected chi connectivity index (χ1v) is 5.54. The molecule has 4 heteroatoms. The first kappa shape index (κ1) is 11.0. The first-order valence-electron chi connectivity index (χ1n) is 5.16. The number of aromatic nitrogens is 2. The summed E-state index contributed by atoms with van der Waals surface area (Å²) in [5.41, 5.74) is 4.37. The average molecular weight is 236 g/mol. The van der Waals surface area contributed by atoms with Gasteiger partial charge >= 0.3 is 0 Å². The van der Waals surface area contributed by atoms with Crippen LogP contribution in [0.15, 0.2) is 24.4 Å². The molecular weight excluding hydrogens is 222 g/mol. The van der Waals surface area contributed by atoms with Gasteiger partial charge in [-0.25, -0.2) is 0 Å². The standard InChI is InChI=1S/C12H14ClN3/c1-8-4-3-5-11(13)12(8)14-6-10-7-15-16-9(10)2/h3-5,7,14H,6H2,1-2H3,(H,15,16). The summed E-state index contributed by atoms with van der Waals surface area (Å²) in [5.74, 6) is 0. The van der Waals surface area contributed by atoms with E-state index in [1.165, 1.54) is 0 Å². The van der Waals surface area contributed by atoms with E-state index in [0.29, 0.717) is 0 Å². The number of hydrogen-bond donors (Lipinski definition) is 2. The topological polar surface area (TPSA) is 40.7 Å². The maximum absolute atomic E-state index is 6.12. The van der Waals surface area contributed by atoms with Crippen molar-refractivity contribution in [2.45, 2.75) is 20.4 Å². The molecule has 0 saturated heterocycles. The molecule has 0 fully saturated rings. The summed E-state index contributed by atoms with van der Waals surface area (Å²) < 4.78 is 0. The van der Waals surface area contributed by atoms with Gasteiger partial charge in [0, 0.05) is 17.8 Å². The van der Waals surface area contributed by atoms with Crippen LogP contribution in [-0.4, -0.2) is 10.2 Å². The fourth-order valence-electron chi connectivity index (χ4n) is 1.59. The van der Waals surface area contributed by atoms with E-state index >= 15 is 0 Å². The van der Waals surface area contributed by atoms with Crippen molar-refractivity contribution in [3.63, 3.8) is 0 Å². The van der Waals surface area contributed by atoms with E-state index in [4.69, 9.17) is 11.6 Å². The van der Waals surface area contributed by atoms with Gasteiger partial charge in [-0.3, -0.25) is 5.10 Å². The van der Waals surface area contributed by atoms with Crippen molar-refractivity contribution in [3.8, 4) is 0 Å². The van der Waals surface area contributed by atoms with E-state index in [2.05, 4.69) is 15.5 Å². The number of rotatable bonds is 3. The van der Waals surface area contributed by atoms with Crippen molar-refractivity contribution in [2.75, 3.05) is 5.32 Å². The predicted octanol–water partition coefficient (Wildman–Crippen LogP) is 3.29. The number of aryl methyl sites for hydroxylation is 2. The molecule has 1 heterocycles. The zero-order valence-electron chi connectivity index (χ0n) is 9.34. The lowest BCUT2D eigenvalue weighted by Crippen LogP contribution is -2.02. The molecule has 0 aliphatic carbocycles. The molecular formula is C12H14ClN3. The monoisotopic (exact) mass is 235 g/mol. The Morgan fingerprint density at radius 3 is 2.81 bits per heavy atom. The van der Waals surface area contributed by atoms with Crippen LogP contribution in [0.4, 0.5) is 5.69 Å². The van der Waals surface area contributed by atoms with Crippen LogP contribution in [-0.2, 0) is 6.54 Å². The molecule has 0 atom stereocenters. The number of aromatic amines is 1. The fraction of sp³-hybridized carbons (Fsp3) is 0.250. The Bertz CT molecular complexity index is 471. The Hall–Kier alpha value is -1.48. The van der Waals surface area contributed by atoms with Crippen LogP contribution in [0.1, 0.15) is 16.8 Å². The smallest absolute Gasteiger partial charge is 0.0640 e. The Kier molecular flexibility index (Phi) is 3.15. The molecule has 0 spiro atoms. The quantitative estimate of drug-likeness (QED) is 0.857. The molecule has 0 saturated carbocycles. The minimum atomic E-state index is 0.729. The second-order valence-electron chi connectivity index (χ2n) is 3.81. The van der Waals surface area contributed by atoms with Crippen molar-refractivity contribution in [3.05, 3.63) is 46.2 Å². The van der Waals surface area contributed by atoms with Crippen LogP contribution >= 0.6 is 11.6 Å². The lowest BCUT2D eigenvalue weighted by Gasteiger charge is -2.10. The molecule has 0 unspecified atom stereocenters. The SMILES string of the molecule is Cc1cccc(Cl)c1NCc1cn[nH]c1C. The minimum Gasteiger partial charge on any atom is -0.379 e. The zero-order chi connectivity index (χ0) is 11.5. The number of nitrogens with zero attached hydrogens (tertiary/aromatic N) is 1. The fourth-order valence-corrected chi connectivity index (χ4v) is 1.88. The highest BCUT2D eigenvalue weighted by Crippen LogP contribution is 2.25. The normalized spacial score (nSPS) is 10.4. The molecule has 1 aromatic carbocycles. The molecule has 0 aliphatic heterocycles. The molecule has 2 rings (SSSR count). The van der Waals surface area contributed by atoms with E-state index < -0.39 is 0 Å².